The van der Waals surface area contributed by atoms with Gasteiger partial charge in [-0.05, 0) is 38.7 Å². The summed E-state index contributed by atoms with van der Waals surface area (Å²) in [6.07, 6.45) is 3.10. The Bertz CT molecular complexity index is 732. The van der Waals surface area contributed by atoms with Crippen molar-refractivity contribution in [3.8, 4) is 0 Å². The number of esters is 1. The lowest BCUT2D eigenvalue weighted by atomic mass is 9.91. The summed E-state index contributed by atoms with van der Waals surface area (Å²) in [5, 5.41) is 2.70. The molecule has 1 aliphatic carbocycles. The zero-order valence-electron chi connectivity index (χ0n) is 16.0. The van der Waals surface area contributed by atoms with E-state index in [0.29, 0.717) is 5.56 Å². The molecule has 1 saturated carbocycles. The molecular formula is C20H26N2O5. The van der Waals surface area contributed by atoms with Gasteiger partial charge >= 0.3 is 12.0 Å². The predicted octanol–water partition coefficient (Wildman–Crippen LogP) is 2.26. The van der Waals surface area contributed by atoms with Gasteiger partial charge in [0.25, 0.3) is 5.91 Å². The minimum Gasteiger partial charge on any atom is -0.458 e. The first-order valence-corrected chi connectivity index (χ1v) is 9.28. The standard InChI is InChI=1S/C20H26N2O5/c1-13-8-10-14(11-9-13)20(2)18(24)22(19(25)21-20)12-17(23)27-16-7-5-4-6-15(16)26-3/h8-11,15-16H,4-7,12H2,1-3H3,(H,21,25). The normalized spacial score (nSPS) is 28.2. The van der Waals surface area contributed by atoms with Crippen molar-refractivity contribution in [2.45, 2.75) is 57.3 Å². The van der Waals surface area contributed by atoms with E-state index in [9.17, 15) is 14.4 Å². The molecule has 1 heterocycles. The van der Waals surface area contributed by atoms with Crippen molar-refractivity contribution < 1.29 is 23.9 Å². The van der Waals surface area contributed by atoms with Crippen LogP contribution in [0, 0.1) is 6.92 Å². The molecule has 7 nitrogen and oxygen atoms in total. The van der Waals surface area contributed by atoms with Crippen LogP contribution in [-0.4, -0.2) is 48.7 Å². The second kappa shape index (κ2) is 7.68. The third-order valence-corrected chi connectivity index (χ3v) is 5.42. The molecule has 0 aromatic heterocycles. The van der Waals surface area contributed by atoms with Gasteiger partial charge in [0.1, 0.15) is 18.2 Å². The first-order chi connectivity index (χ1) is 12.8. The van der Waals surface area contributed by atoms with Crippen LogP contribution in [0.25, 0.3) is 0 Å². The fourth-order valence-electron chi connectivity index (χ4n) is 3.73. The fraction of sp³-hybridized carbons (Fsp3) is 0.550. The third kappa shape index (κ3) is 3.83. The lowest BCUT2D eigenvalue weighted by molar-refractivity contribution is -0.161. The van der Waals surface area contributed by atoms with Gasteiger partial charge < -0.3 is 14.8 Å². The molecule has 1 saturated heterocycles. The first-order valence-electron chi connectivity index (χ1n) is 9.28. The Labute approximate surface area is 159 Å². The quantitative estimate of drug-likeness (QED) is 0.631. The summed E-state index contributed by atoms with van der Waals surface area (Å²) in [4.78, 5) is 38.5. The number of imide groups is 1. The van der Waals surface area contributed by atoms with Gasteiger partial charge in [-0.2, -0.15) is 0 Å². The molecule has 3 atom stereocenters. The number of amides is 3. The van der Waals surface area contributed by atoms with Gasteiger partial charge in [-0.25, -0.2) is 4.79 Å². The number of ether oxygens (including phenoxy) is 2. The van der Waals surface area contributed by atoms with Crippen LogP contribution in [0.15, 0.2) is 24.3 Å². The van der Waals surface area contributed by atoms with Crippen LogP contribution < -0.4 is 5.32 Å². The number of hydrogen-bond donors (Lipinski definition) is 1. The van der Waals surface area contributed by atoms with Crippen molar-refractivity contribution in [1.82, 2.24) is 10.2 Å². The van der Waals surface area contributed by atoms with Crippen LogP contribution in [0.1, 0.15) is 43.7 Å². The highest BCUT2D eigenvalue weighted by Crippen LogP contribution is 2.29. The average Bonchev–Trinajstić information content (AvgIpc) is 2.86. The van der Waals surface area contributed by atoms with E-state index in [4.69, 9.17) is 9.47 Å². The first kappa shape index (κ1) is 19.4. The smallest absolute Gasteiger partial charge is 0.326 e. The number of hydrogen-bond acceptors (Lipinski definition) is 5. The topological polar surface area (TPSA) is 84.9 Å². The van der Waals surface area contributed by atoms with Gasteiger partial charge in [0, 0.05) is 7.11 Å². The number of benzene rings is 1. The van der Waals surface area contributed by atoms with E-state index < -0.39 is 30.0 Å². The zero-order chi connectivity index (χ0) is 19.6. The van der Waals surface area contributed by atoms with E-state index in [1.54, 1.807) is 26.2 Å². The second-order valence-corrected chi connectivity index (χ2v) is 7.40. The molecule has 0 spiro atoms. The molecule has 1 N–H and O–H groups in total. The summed E-state index contributed by atoms with van der Waals surface area (Å²) in [5.74, 6) is -1.05. The highest BCUT2D eigenvalue weighted by molar-refractivity contribution is 6.08. The predicted molar refractivity (Wildman–Crippen MR) is 97.9 cm³/mol. The molecule has 3 unspecified atom stereocenters. The van der Waals surface area contributed by atoms with Crippen LogP contribution in [0.5, 0.6) is 0 Å². The summed E-state index contributed by atoms with van der Waals surface area (Å²) in [6, 6.07) is 6.78. The Morgan fingerprint density at radius 1 is 1.19 bits per heavy atom. The van der Waals surface area contributed by atoms with Crippen molar-refractivity contribution in [2.24, 2.45) is 0 Å². The molecule has 3 rings (SSSR count). The van der Waals surface area contributed by atoms with E-state index in [1.165, 1.54) is 0 Å². The number of nitrogens with zero attached hydrogens (tertiary/aromatic N) is 1. The largest absolute Gasteiger partial charge is 0.458 e. The molecule has 146 valence electrons. The van der Waals surface area contributed by atoms with Crippen molar-refractivity contribution in [3.63, 3.8) is 0 Å². The molecule has 2 fully saturated rings. The number of nitrogens with one attached hydrogen (secondary N) is 1. The van der Waals surface area contributed by atoms with E-state index in [2.05, 4.69) is 5.32 Å². The van der Waals surface area contributed by atoms with Gasteiger partial charge in [-0.1, -0.05) is 36.2 Å². The maximum absolute atomic E-state index is 12.9. The summed E-state index contributed by atoms with van der Waals surface area (Å²) < 4.78 is 10.9. The molecule has 0 bridgehead atoms. The molecule has 3 amide bonds. The molecule has 7 heteroatoms. The number of carbonyl (C=O) groups is 3. The maximum Gasteiger partial charge on any atom is 0.326 e. The number of aryl methyl sites for hydroxylation is 1. The van der Waals surface area contributed by atoms with Crippen molar-refractivity contribution in [3.05, 3.63) is 35.4 Å². The fourth-order valence-corrected chi connectivity index (χ4v) is 3.73. The second-order valence-electron chi connectivity index (χ2n) is 7.40. The van der Waals surface area contributed by atoms with E-state index in [0.717, 1.165) is 36.1 Å². The van der Waals surface area contributed by atoms with Gasteiger partial charge in [0.2, 0.25) is 0 Å². The molecule has 1 aromatic carbocycles. The summed E-state index contributed by atoms with van der Waals surface area (Å²) >= 11 is 0. The van der Waals surface area contributed by atoms with Crippen molar-refractivity contribution >= 4 is 17.9 Å². The minimum atomic E-state index is -1.19. The molecule has 0 radical (unpaired) electrons. The van der Waals surface area contributed by atoms with Crippen LogP contribution >= 0.6 is 0 Å². The number of methoxy groups -OCH3 is 1. The molecule has 1 aliphatic heterocycles. The SMILES string of the molecule is COC1CCCCC1OC(=O)CN1C(=O)NC(C)(c2ccc(C)cc2)C1=O. The third-order valence-electron chi connectivity index (χ3n) is 5.42. The maximum atomic E-state index is 12.9. The number of rotatable bonds is 5. The van der Waals surface area contributed by atoms with Gasteiger partial charge in [0.15, 0.2) is 0 Å². The molecule has 27 heavy (non-hydrogen) atoms. The Morgan fingerprint density at radius 3 is 2.44 bits per heavy atom. The Kier molecular flexibility index (Phi) is 5.51. The van der Waals surface area contributed by atoms with Gasteiger partial charge in [0.05, 0.1) is 6.10 Å². The summed E-state index contributed by atoms with van der Waals surface area (Å²) in [5.41, 5.74) is 0.541. The van der Waals surface area contributed by atoms with Crippen molar-refractivity contribution in [2.75, 3.05) is 13.7 Å². The highest BCUT2D eigenvalue weighted by atomic mass is 16.6. The highest BCUT2D eigenvalue weighted by Gasteiger charge is 2.49. The summed E-state index contributed by atoms with van der Waals surface area (Å²) in [7, 11) is 1.60. The zero-order valence-corrected chi connectivity index (χ0v) is 16.0. The number of urea groups is 1. The van der Waals surface area contributed by atoms with E-state index in [1.807, 2.05) is 19.1 Å². The lowest BCUT2D eigenvalue weighted by Gasteiger charge is -2.30. The van der Waals surface area contributed by atoms with Crippen molar-refractivity contribution in [1.29, 1.82) is 0 Å². The van der Waals surface area contributed by atoms with Crippen LogP contribution in [0.4, 0.5) is 4.79 Å². The van der Waals surface area contributed by atoms with Crippen LogP contribution in [-0.2, 0) is 24.6 Å². The van der Waals surface area contributed by atoms with Crippen LogP contribution in [0.2, 0.25) is 0 Å². The monoisotopic (exact) mass is 374 g/mol. The Hall–Kier alpha value is -2.41. The van der Waals surface area contributed by atoms with E-state index in [-0.39, 0.29) is 12.2 Å². The minimum absolute atomic E-state index is 0.136. The Balaban J connectivity index is 1.68. The Morgan fingerprint density at radius 2 is 1.81 bits per heavy atom. The number of carbonyl (C=O) groups excluding carboxylic acids is 3. The summed E-state index contributed by atoms with van der Waals surface area (Å²) in [6.45, 7) is 3.19. The molecule has 2 aliphatic rings. The van der Waals surface area contributed by atoms with Gasteiger partial charge in [-0.3, -0.25) is 14.5 Å². The lowest BCUT2D eigenvalue weighted by Crippen LogP contribution is -2.43. The van der Waals surface area contributed by atoms with Gasteiger partial charge in [-0.15, -0.1) is 0 Å². The van der Waals surface area contributed by atoms with E-state index >= 15 is 0 Å². The molecule has 1 aromatic rings. The van der Waals surface area contributed by atoms with Crippen LogP contribution in [0.3, 0.4) is 0 Å². The molecular weight excluding hydrogens is 348 g/mol. The average molecular weight is 374 g/mol.